The molecule has 1 aromatic carbocycles. The molecular formula is C21H24N6O3. The van der Waals surface area contributed by atoms with Crippen molar-refractivity contribution in [3.8, 4) is 0 Å². The van der Waals surface area contributed by atoms with Crippen LogP contribution in [0.2, 0.25) is 0 Å². The Hall–Kier alpha value is -3.49. The third kappa shape index (κ3) is 3.47. The second-order valence-corrected chi connectivity index (χ2v) is 7.71. The summed E-state index contributed by atoms with van der Waals surface area (Å²) in [4.78, 5) is 23.5. The number of nitro groups is 1. The quantitative estimate of drug-likeness (QED) is 0.514. The van der Waals surface area contributed by atoms with Gasteiger partial charge < -0.3 is 5.32 Å². The van der Waals surface area contributed by atoms with Crippen molar-refractivity contribution in [3.05, 3.63) is 68.7 Å². The Morgan fingerprint density at radius 3 is 2.80 bits per heavy atom. The van der Waals surface area contributed by atoms with Gasteiger partial charge >= 0.3 is 5.69 Å². The Kier molecular flexibility index (Phi) is 5.11. The monoisotopic (exact) mass is 408 g/mol. The average molecular weight is 408 g/mol. The van der Waals surface area contributed by atoms with Crippen molar-refractivity contribution in [2.75, 3.05) is 5.32 Å². The number of aryl methyl sites for hydroxylation is 3. The highest BCUT2D eigenvalue weighted by atomic mass is 16.6. The van der Waals surface area contributed by atoms with Crippen LogP contribution in [0.5, 0.6) is 0 Å². The van der Waals surface area contributed by atoms with Crippen LogP contribution in [0.1, 0.15) is 47.0 Å². The molecule has 0 radical (unpaired) electrons. The third-order valence-electron chi connectivity index (χ3n) is 5.69. The summed E-state index contributed by atoms with van der Waals surface area (Å²) in [7, 11) is 0. The van der Waals surface area contributed by atoms with Crippen LogP contribution in [0.3, 0.4) is 0 Å². The minimum atomic E-state index is -0.466. The van der Waals surface area contributed by atoms with E-state index in [1.165, 1.54) is 15.8 Å². The minimum Gasteiger partial charge on any atom is -0.309 e. The van der Waals surface area contributed by atoms with Gasteiger partial charge in [-0.05, 0) is 51.2 Å². The van der Waals surface area contributed by atoms with E-state index in [0.29, 0.717) is 17.2 Å². The Morgan fingerprint density at radius 2 is 2.07 bits per heavy atom. The Labute approximate surface area is 173 Å². The summed E-state index contributed by atoms with van der Waals surface area (Å²) in [6.07, 6.45) is 4.81. The molecule has 1 N–H and O–H groups in total. The molecular weight excluding hydrogens is 384 g/mol. The fourth-order valence-corrected chi connectivity index (χ4v) is 4.24. The maximum atomic E-state index is 12.8. The molecule has 1 aliphatic carbocycles. The van der Waals surface area contributed by atoms with Gasteiger partial charge in [0, 0.05) is 5.56 Å². The summed E-state index contributed by atoms with van der Waals surface area (Å²) in [6.45, 7) is 4.97. The van der Waals surface area contributed by atoms with Crippen LogP contribution in [0.4, 0.5) is 11.5 Å². The summed E-state index contributed by atoms with van der Waals surface area (Å²) in [5.41, 5.74) is 4.02. The summed E-state index contributed by atoms with van der Waals surface area (Å²) in [5.74, 6) is 0.349. The van der Waals surface area contributed by atoms with Crippen molar-refractivity contribution in [1.82, 2.24) is 19.6 Å². The molecule has 9 nitrogen and oxygen atoms in total. The Balaban J connectivity index is 1.59. The number of benzene rings is 1. The SMILES string of the molecule is Cc1cnn(C2CCCc3ccccc32)c1NC(=O)Cn1nc(C)c([N+](=O)[O-])c1C. The minimum absolute atomic E-state index is 0.0529. The lowest BCUT2D eigenvalue weighted by molar-refractivity contribution is -0.386. The van der Waals surface area contributed by atoms with Crippen LogP contribution in [0, 0.1) is 30.9 Å². The summed E-state index contributed by atoms with van der Waals surface area (Å²) >= 11 is 0. The first-order valence-electron chi connectivity index (χ1n) is 9.97. The molecule has 9 heteroatoms. The fraction of sp³-hybridized carbons (Fsp3) is 0.381. The second kappa shape index (κ2) is 7.74. The first-order valence-corrected chi connectivity index (χ1v) is 9.97. The summed E-state index contributed by atoms with van der Waals surface area (Å²) in [6, 6.07) is 8.41. The van der Waals surface area contributed by atoms with Crippen LogP contribution in [-0.2, 0) is 17.8 Å². The highest BCUT2D eigenvalue weighted by Gasteiger charge is 2.26. The zero-order chi connectivity index (χ0) is 21.4. The number of anilines is 1. The van der Waals surface area contributed by atoms with Gasteiger partial charge in [0.05, 0.1) is 17.2 Å². The number of hydrogen-bond acceptors (Lipinski definition) is 5. The summed E-state index contributed by atoms with van der Waals surface area (Å²) < 4.78 is 3.25. The highest BCUT2D eigenvalue weighted by Crippen LogP contribution is 2.35. The smallest absolute Gasteiger partial charge is 0.309 e. The van der Waals surface area contributed by atoms with Crippen LogP contribution in [0.15, 0.2) is 30.5 Å². The lowest BCUT2D eigenvalue weighted by Crippen LogP contribution is -2.25. The molecule has 1 aliphatic rings. The number of hydrogen-bond donors (Lipinski definition) is 1. The molecule has 30 heavy (non-hydrogen) atoms. The number of nitrogens with one attached hydrogen (secondary N) is 1. The number of amides is 1. The van der Waals surface area contributed by atoms with E-state index in [9.17, 15) is 14.9 Å². The zero-order valence-electron chi connectivity index (χ0n) is 17.3. The molecule has 0 fully saturated rings. The summed E-state index contributed by atoms with van der Waals surface area (Å²) in [5, 5.41) is 22.9. The first-order chi connectivity index (χ1) is 14.4. The lowest BCUT2D eigenvalue weighted by atomic mass is 9.88. The Bertz CT molecular complexity index is 1130. The molecule has 4 rings (SSSR count). The van der Waals surface area contributed by atoms with Crippen molar-refractivity contribution in [1.29, 1.82) is 0 Å². The molecule has 2 aromatic heterocycles. The van der Waals surface area contributed by atoms with Gasteiger partial charge in [-0.15, -0.1) is 0 Å². The van der Waals surface area contributed by atoms with Gasteiger partial charge in [-0.2, -0.15) is 10.2 Å². The maximum Gasteiger partial charge on any atom is 0.312 e. The van der Waals surface area contributed by atoms with E-state index in [1.807, 2.05) is 23.7 Å². The molecule has 3 aromatic rings. The second-order valence-electron chi connectivity index (χ2n) is 7.71. The predicted octanol–water partition coefficient (Wildman–Crippen LogP) is 3.48. The van der Waals surface area contributed by atoms with Gasteiger partial charge in [0.1, 0.15) is 23.8 Å². The molecule has 0 saturated carbocycles. The van der Waals surface area contributed by atoms with E-state index in [1.54, 1.807) is 20.0 Å². The normalized spacial score (nSPS) is 15.6. The molecule has 1 unspecified atom stereocenters. The van der Waals surface area contributed by atoms with Gasteiger partial charge in [0.25, 0.3) is 0 Å². The number of rotatable bonds is 5. The Morgan fingerprint density at radius 1 is 1.30 bits per heavy atom. The van der Waals surface area contributed by atoms with E-state index in [-0.39, 0.29) is 24.2 Å². The van der Waals surface area contributed by atoms with E-state index in [0.717, 1.165) is 24.8 Å². The molecule has 1 amide bonds. The zero-order valence-corrected chi connectivity index (χ0v) is 17.3. The number of carbonyl (C=O) groups is 1. The van der Waals surface area contributed by atoms with Crippen molar-refractivity contribution in [2.45, 2.75) is 52.6 Å². The van der Waals surface area contributed by atoms with E-state index < -0.39 is 4.92 Å². The van der Waals surface area contributed by atoms with E-state index in [4.69, 9.17) is 0 Å². The van der Waals surface area contributed by atoms with Gasteiger partial charge in [0.15, 0.2) is 0 Å². The molecule has 0 saturated heterocycles. The van der Waals surface area contributed by atoms with Gasteiger partial charge in [-0.3, -0.25) is 19.6 Å². The van der Waals surface area contributed by atoms with E-state index in [2.05, 4.69) is 27.6 Å². The van der Waals surface area contributed by atoms with Crippen LogP contribution >= 0.6 is 0 Å². The van der Waals surface area contributed by atoms with Crippen LogP contribution < -0.4 is 5.32 Å². The topological polar surface area (TPSA) is 108 Å². The number of carbonyl (C=O) groups excluding carboxylic acids is 1. The van der Waals surface area contributed by atoms with Gasteiger partial charge in [0.2, 0.25) is 5.91 Å². The molecule has 0 bridgehead atoms. The molecule has 1 atom stereocenters. The average Bonchev–Trinajstić information content (AvgIpc) is 3.20. The number of fused-ring (bicyclic) bond motifs is 1. The molecule has 156 valence electrons. The first kappa shape index (κ1) is 19.8. The van der Waals surface area contributed by atoms with E-state index >= 15 is 0 Å². The van der Waals surface area contributed by atoms with Crippen LogP contribution in [0.25, 0.3) is 0 Å². The number of aromatic nitrogens is 4. The standard InChI is InChI=1S/C21H24N6O3/c1-13-11-22-26(18-10-6-8-16-7-4-5-9-17(16)18)21(13)23-19(28)12-25-15(3)20(27(29)30)14(2)24-25/h4-5,7,9,11,18H,6,8,10,12H2,1-3H3,(H,23,28). The lowest BCUT2D eigenvalue weighted by Gasteiger charge is -2.27. The van der Waals surface area contributed by atoms with Gasteiger partial charge in [-0.1, -0.05) is 24.3 Å². The largest absolute Gasteiger partial charge is 0.312 e. The number of nitrogens with zero attached hydrogens (tertiary/aromatic N) is 5. The van der Waals surface area contributed by atoms with Crippen LogP contribution in [-0.4, -0.2) is 30.4 Å². The highest BCUT2D eigenvalue weighted by molar-refractivity contribution is 5.90. The molecule has 0 aliphatic heterocycles. The van der Waals surface area contributed by atoms with Crippen molar-refractivity contribution >= 4 is 17.4 Å². The van der Waals surface area contributed by atoms with Gasteiger partial charge in [-0.25, -0.2) is 4.68 Å². The van der Waals surface area contributed by atoms with Crippen molar-refractivity contribution in [3.63, 3.8) is 0 Å². The maximum absolute atomic E-state index is 12.8. The predicted molar refractivity (Wildman–Crippen MR) is 111 cm³/mol. The fourth-order valence-electron chi connectivity index (χ4n) is 4.24. The van der Waals surface area contributed by atoms with Crippen molar-refractivity contribution in [2.24, 2.45) is 0 Å². The third-order valence-corrected chi connectivity index (χ3v) is 5.69. The molecule has 2 heterocycles. The van der Waals surface area contributed by atoms with Crippen molar-refractivity contribution < 1.29 is 9.72 Å². The molecule has 0 spiro atoms.